The van der Waals surface area contributed by atoms with E-state index in [2.05, 4.69) is 27.9 Å². The average molecular weight is 437 g/mol. The van der Waals surface area contributed by atoms with Gasteiger partial charge in [0.15, 0.2) is 0 Å². The van der Waals surface area contributed by atoms with Crippen LogP contribution in [0.3, 0.4) is 0 Å². The van der Waals surface area contributed by atoms with Gasteiger partial charge in [-0.15, -0.1) is 0 Å². The number of halogens is 1. The summed E-state index contributed by atoms with van der Waals surface area (Å²) in [7, 11) is 1.81. The van der Waals surface area contributed by atoms with Crippen molar-refractivity contribution >= 4 is 34.6 Å². The molecule has 1 rings (SSSR count). The van der Waals surface area contributed by atoms with E-state index in [9.17, 15) is 4.79 Å². The van der Waals surface area contributed by atoms with Crippen LogP contribution in [0.25, 0.3) is 0 Å². The van der Waals surface area contributed by atoms with Crippen LogP contribution in [0.15, 0.2) is 18.2 Å². The Labute approximate surface area is 151 Å². The summed E-state index contributed by atoms with van der Waals surface area (Å²) in [6.45, 7) is 3.89. The van der Waals surface area contributed by atoms with Gasteiger partial charge in [0, 0.05) is 17.0 Å². The third kappa shape index (κ3) is 9.09. The van der Waals surface area contributed by atoms with Gasteiger partial charge in [0.25, 0.3) is 0 Å². The van der Waals surface area contributed by atoms with Crippen LogP contribution in [0, 0.1) is 0 Å². The number of ether oxygens (including phenoxy) is 4. The maximum Gasteiger partial charge on any atom is 0.150 e. The zero-order valence-corrected chi connectivity index (χ0v) is 15.5. The molecule has 1 aromatic rings. The number of nitrogens with one attached hydrogen (secondary N) is 1. The molecule has 1 N–H and O–H groups in total. The lowest BCUT2D eigenvalue weighted by atomic mass is 10.2. The van der Waals surface area contributed by atoms with Crippen LogP contribution in [0.2, 0.25) is 0 Å². The monoisotopic (exact) mass is 437 g/mol. The van der Waals surface area contributed by atoms with Crippen molar-refractivity contribution in [3.63, 3.8) is 0 Å². The second kappa shape index (κ2) is 13.5. The highest BCUT2D eigenvalue weighted by molar-refractivity contribution is 14.1. The van der Waals surface area contributed by atoms with Gasteiger partial charge in [0.1, 0.15) is 18.6 Å². The number of benzene rings is 1. The molecule has 0 aromatic heterocycles. The molecule has 0 aliphatic rings. The Kier molecular flexibility index (Phi) is 11.9. The van der Waals surface area contributed by atoms with E-state index >= 15 is 0 Å². The van der Waals surface area contributed by atoms with Gasteiger partial charge in [-0.05, 0) is 18.2 Å². The van der Waals surface area contributed by atoms with Crippen molar-refractivity contribution in [3.05, 3.63) is 23.8 Å². The van der Waals surface area contributed by atoms with E-state index in [1.165, 1.54) is 0 Å². The number of carbonyl (C=O) groups is 1. The van der Waals surface area contributed by atoms with Gasteiger partial charge in [0.2, 0.25) is 0 Å². The summed E-state index contributed by atoms with van der Waals surface area (Å²) < 4.78 is 22.7. The van der Waals surface area contributed by atoms with Crippen LogP contribution in [-0.2, 0) is 14.2 Å². The van der Waals surface area contributed by atoms with Gasteiger partial charge >= 0.3 is 0 Å². The van der Waals surface area contributed by atoms with Crippen molar-refractivity contribution in [2.24, 2.45) is 0 Å². The number of rotatable bonds is 14. The fourth-order valence-electron chi connectivity index (χ4n) is 1.75. The topological polar surface area (TPSA) is 66.0 Å². The van der Waals surface area contributed by atoms with Gasteiger partial charge in [-0.2, -0.15) is 0 Å². The zero-order chi connectivity index (χ0) is 16.8. The summed E-state index contributed by atoms with van der Waals surface area (Å²) in [5.74, 6) is 0.643. The van der Waals surface area contributed by atoms with Gasteiger partial charge in [-0.1, -0.05) is 22.6 Å². The maximum atomic E-state index is 10.8. The predicted molar refractivity (Wildman–Crippen MR) is 98.2 cm³/mol. The smallest absolute Gasteiger partial charge is 0.150 e. The summed E-state index contributed by atoms with van der Waals surface area (Å²) >= 11 is 2.27. The highest BCUT2D eigenvalue weighted by Gasteiger charge is 2.03. The highest BCUT2D eigenvalue weighted by Crippen LogP contribution is 2.24. The van der Waals surface area contributed by atoms with Gasteiger partial charge < -0.3 is 24.3 Å². The minimum Gasteiger partial charge on any atom is -0.489 e. The van der Waals surface area contributed by atoms with Crippen LogP contribution in [0.1, 0.15) is 10.4 Å². The van der Waals surface area contributed by atoms with E-state index in [0.29, 0.717) is 51.0 Å². The van der Waals surface area contributed by atoms with Crippen LogP contribution in [0.5, 0.6) is 5.75 Å². The molecule has 7 heteroatoms. The molecule has 0 unspecified atom stereocenters. The molecule has 0 fully saturated rings. The Morgan fingerprint density at radius 1 is 1.00 bits per heavy atom. The Morgan fingerprint density at radius 2 is 1.61 bits per heavy atom. The first-order valence-electron chi connectivity index (χ1n) is 7.50. The molecule has 0 aliphatic heterocycles. The van der Waals surface area contributed by atoms with E-state index in [1.54, 1.807) is 19.2 Å². The Bertz CT molecular complexity index is 444. The van der Waals surface area contributed by atoms with E-state index in [-0.39, 0.29) is 0 Å². The van der Waals surface area contributed by atoms with Crippen molar-refractivity contribution in [1.82, 2.24) is 0 Å². The summed E-state index contributed by atoms with van der Waals surface area (Å²) in [6.07, 6.45) is 0.796. The number of anilines is 1. The van der Waals surface area contributed by atoms with E-state index in [1.807, 2.05) is 6.07 Å². The largest absolute Gasteiger partial charge is 0.489 e. The standard InChI is InChI=1S/C16H24INO5/c1-18-15-3-2-14(13-19)12-16(15)23-11-10-22-9-8-21-7-6-20-5-4-17/h2-3,12-13,18H,4-11H2,1H3. The Balaban J connectivity index is 2.08. The lowest BCUT2D eigenvalue weighted by molar-refractivity contribution is 0.0120. The average Bonchev–Trinajstić information content (AvgIpc) is 2.59. The third-order valence-corrected chi connectivity index (χ3v) is 3.30. The van der Waals surface area contributed by atoms with Crippen LogP contribution < -0.4 is 10.1 Å². The van der Waals surface area contributed by atoms with Crippen molar-refractivity contribution in [2.45, 2.75) is 0 Å². The van der Waals surface area contributed by atoms with Crippen molar-refractivity contribution in [1.29, 1.82) is 0 Å². The molecule has 23 heavy (non-hydrogen) atoms. The Hall–Kier alpha value is -0.900. The summed E-state index contributed by atoms with van der Waals surface area (Å²) in [6, 6.07) is 5.26. The molecular formula is C16H24INO5. The molecule has 0 heterocycles. The number of hydrogen-bond donors (Lipinski definition) is 1. The van der Waals surface area contributed by atoms with Crippen molar-refractivity contribution < 1.29 is 23.7 Å². The molecule has 0 radical (unpaired) electrons. The SMILES string of the molecule is CNc1ccc(C=O)cc1OCCOCCOCCOCCI. The molecule has 0 saturated carbocycles. The third-order valence-electron chi connectivity index (χ3n) is 2.86. The van der Waals surface area contributed by atoms with Crippen LogP contribution >= 0.6 is 22.6 Å². The lowest BCUT2D eigenvalue weighted by Crippen LogP contribution is -2.13. The van der Waals surface area contributed by atoms with Crippen molar-refractivity contribution in [3.8, 4) is 5.75 Å². The molecule has 0 bridgehead atoms. The van der Waals surface area contributed by atoms with Crippen LogP contribution in [-0.4, -0.2) is 64.0 Å². The molecule has 0 atom stereocenters. The normalized spacial score (nSPS) is 10.5. The second-order valence-corrected chi connectivity index (χ2v) is 5.58. The molecule has 0 aliphatic carbocycles. The summed E-state index contributed by atoms with van der Waals surface area (Å²) in [5, 5.41) is 3.02. The fourth-order valence-corrected chi connectivity index (χ4v) is 2.06. The van der Waals surface area contributed by atoms with Gasteiger partial charge in [-0.3, -0.25) is 4.79 Å². The Morgan fingerprint density at radius 3 is 2.17 bits per heavy atom. The first-order valence-corrected chi connectivity index (χ1v) is 9.03. The second-order valence-electron chi connectivity index (χ2n) is 4.50. The number of carbonyl (C=O) groups excluding carboxylic acids is 1. The number of aldehydes is 1. The fraction of sp³-hybridized carbons (Fsp3) is 0.562. The predicted octanol–water partition coefficient (Wildman–Crippen LogP) is 2.40. The van der Waals surface area contributed by atoms with Gasteiger partial charge in [0.05, 0.1) is 45.3 Å². The van der Waals surface area contributed by atoms with E-state index < -0.39 is 0 Å². The molecule has 130 valence electrons. The lowest BCUT2D eigenvalue weighted by Gasteiger charge is -2.12. The molecule has 0 amide bonds. The van der Waals surface area contributed by atoms with Gasteiger partial charge in [-0.25, -0.2) is 0 Å². The number of alkyl halides is 1. The minimum absolute atomic E-state index is 0.412. The quantitative estimate of drug-likeness (QED) is 0.209. The first kappa shape index (κ1) is 20.1. The summed E-state index contributed by atoms with van der Waals surface area (Å²) in [5.41, 5.74) is 1.42. The first-order chi connectivity index (χ1) is 11.3. The molecule has 0 saturated heterocycles. The molecule has 1 aromatic carbocycles. The zero-order valence-electron chi connectivity index (χ0n) is 13.4. The molecular weight excluding hydrogens is 413 g/mol. The van der Waals surface area contributed by atoms with Crippen LogP contribution in [0.4, 0.5) is 5.69 Å². The summed E-state index contributed by atoms with van der Waals surface area (Å²) in [4.78, 5) is 10.8. The highest BCUT2D eigenvalue weighted by atomic mass is 127. The van der Waals surface area contributed by atoms with E-state index in [4.69, 9.17) is 18.9 Å². The van der Waals surface area contributed by atoms with Crippen molar-refractivity contribution in [2.75, 3.05) is 63.0 Å². The van der Waals surface area contributed by atoms with E-state index in [0.717, 1.165) is 23.0 Å². The maximum absolute atomic E-state index is 10.8. The molecule has 0 spiro atoms. The minimum atomic E-state index is 0.412. The molecule has 6 nitrogen and oxygen atoms in total. The number of hydrogen-bond acceptors (Lipinski definition) is 6.